The van der Waals surface area contributed by atoms with Crippen LogP contribution in [-0.2, 0) is 4.74 Å². The number of hydrogen-bond acceptors (Lipinski definition) is 3. The summed E-state index contributed by atoms with van der Waals surface area (Å²) in [5.74, 6) is 3.67. The molecule has 29 heavy (non-hydrogen) atoms. The lowest BCUT2D eigenvalue weighted by Crippen LogP contribution is -2.48. The second-order valence-electron chi connectivity index (χ2n) is 11.8. The van der Waals surface area contributed by atoms with Crippen molar-refractivity contribution in [1.82, 2.24) is 5.32 Å². The van der Waals surface area contributed by atoms with Crippen molar-refractivity contribution in [2.75, 3.05) is 6.54 Å². The topological polar surface area (TPSA) is 41.5 Å². The van der Waals surface area contributed by atoms with Gasteiger partial charge in [-0.25, -0.2) is 0 Å². The normalized spacial score (nSPS) is 56.1. The van der Waals surface area contributed by atoms with Crippen LogP contribution in [-0.4, -0.2) is 35.5 Å². The Hall–Kier alpha value is -0.640. The van der Waals surface area contributed by atoms with E-state index in [0.717, 1.165) is 43.1 Å². The Bertz CT molecular complexity index is 758. The monoisotopic (exact) mass is 397 g/mol. The highest BCUT2D eigenvalue weighted by molar-refractivity contribution is 5.34. The van der Waals surface area contributed by atoms with Crippen LogP contribution >= 0.6 is 0 Å². The third-order valence-corrected chi connectivity index (χ3v) is 10.3. The molecule has 160 valence electrons. The summed E-state index contributed by atoms with van der Waals surface area (Å²) >= 11 is 0. The largest absolute Gasteiger partial charge is 0.393 e. The van der Waals surface area contributed by atoms with Gasteiger partial charge in [0.25, 0.3) is 0 Å². The van der Waals surface area contributed by atoms with Crippen LogP contribution in [0.15, 0.2) is 23.3 Å². The zero-order chi connectivity index (χ0) is 20.0. The van der Waals surface area contributed by atoms with Crippen molar-refractivity contribution >= 4 is 0 Å². The smallest absolute Gasteiger partial charge is 0.0911 e. The summed E-state index contributed by atoms with van der Waals surface area (Å²) in [6, 6.07) is 0.536. The van der Waals surface area contributed by atoms with Crippen molar-refractivity contribution in [3.63, 3.8) is 0 Å². The van der Waals surface area contributed by atoms with Gasteiger partial charge in [-0.05, 0) is 87.0 Å². The lowest BCUT2D eigenvalue weighted by atomic mass is 9.56. The summed E-state index contributed by atoms with van der Waals surface area (Å²) in [6.45, 7) is 8.46. The van der Waals surface area contributed by atoms with Gasteiger partial charge in [-0.2, -0.15) is 0 Å². The average molecular weight is 398 g/mol. The molecule has 2 heterocycles. The molecule has 0 bridgehead atoms. The molecule has 0 amide bonds. The van der Waals surface area contributed by atoms with Crippen molar-refractivity contribution < 1.29 is 9.84 Å². The van der Waals surface area contributed by atoms with E-state index in [1.807, 2.05) is 0 Å². The number of aliphatic hydroxyl groups is 1. The molecule has 4 fully saturated rings. The molecular weight excluding hydrogens is 358 g/mol. The Balaban J connectivity index is 1.30. The Kier molecular flexibility index (Phi) is 4.23. The minimum absolute atomic E-state index is 0.0222. The third kappa shape index (κ3) is 2.66. The molecule has 2 N–H and O–H groups in total. The minimum atomic E-state index is -0.108. The lowest BCUT2D eigenvalue weighted by Gasteiger charge is -2.49. The molecule has 1 spiro atoms. The Morgan fingerprint density at radius 2 is 2.03 bits per heavy atom. The average Bonchev–Trinajstić information content (AvgIpc) is 3.18. The third-order valence-electron chi connectivity index (χ3n) is 10.3. The Morgan fingerprint density at radius 1 is 1.17 bits per heavy atom. The van der Waals surface area contributed by atoms with E-state index in [1.165, 1.54) is 38.5 Å². The van der Waals surface area contributed by atoms with Gasteiger partial charge in [0.15, 0.2) is 0 Å². The lowest BCUT2D eigenvalue weighted by molar-refractivity contribution is -0.0469. The molecule has 4 aliphatic carbocycles. The zero-order valence-corrected chi connectivity index (χ0v) is 18.5. The van der Waals surface area contributed by atoms with Gasteiger partial charge in [-0.1, -0.05) is 44.1 Å². The highest BCUT2D eigenvalue weighted by Crippen LogP contribution is 2.63. The fraction of sp³-hybridized carbons (Fsp3) is 0.846. The summed E-state index contributed by atoms with van der Waals surface area (Å²) in [7, 11) is 0. The molecule has 0 aromatic carbocycles. The fourth-order valence-corrected chi connectivity index (χ4v) is 8.57. The van der Waals surface area contributed by atoms with Gasteiger partial charge in [-0.15, -0.1) is 0 Å². The minimum Gasteiger partial charge on any atom is -0.393 e. The predicted octanol–water partition coefficient (Wildman–Crippen LogP) is 4.61. The second-order valence-corrected chi connectivity index (χ2v) is 11.8. The summed E-state index contributed by atoms with van der Waals surface area (Å²) in [5, 5.41) is 14.0. The van der Waals surface area contributed by atoms with E-state index in [9.17, 15) is 5.11 Å². The van der Waals surface area contributed by atoms with E-state index in [-0.39, 0.29) is 11.7 Å². The number of rotatable bonds is 0. The summed E-state index contributed by atoms with van der Waals surface area (Å²) in [6.07, 6.45) is 14.8. The first kappa shape index (κ1) is 19.1. The molecule has 3 heteroatoms. The molecular formula is C26H39NO2. The number of ether oxygens (including phenoxy) is 1. The summed E-state index contributed by atoms with van der Waals surface area (Å²) in [5.41, 5.74) is 3.60. The molecule has 2 aliphatic heterocycles. The van der Waals surface area contributed by atoms with E-state index >= 15 is 0 Å². The van der Waals surface area contributed by atoms with E-state index in [2.05, 4.69) is 38.2 Å². The van der Waals surface area contributed by atoms with Crippen LogP contribution in [0.25, 0.3) is 0 Å². The number of aliphatic hydroxyl groups excluding tert-OH is 1. The SMILES string of the molecule is C[C@@H]1CNC2C(C1)O[C@@]1(C=C3CC4C(CC=C5C[C@@H](O)CC[C@@]54C)C3CC1)[C@@H]2C. The Labute approximate surface area is 176 Å². The predicted molar refractivity (Wildman–Crippen MR) is 115 cm³/mol. The molecule has 0 radical (unpaired) electrons. The van der Waals surface area contributed by atoms with Crippen LogP contribution in [0.2, 0.25) is 0 Å². The molecule has 6 aliphatic rings. The van der Waals surface area contributed by atoms with Crippen molar-refractivity contribution in [2.24, 2.45) is 35.0 Å². The van der Waals surface area contributed by atoms with E-state index in [1.54, 1.807) is 11.1 Å². The molecule has 0 aromatic heterocycles. The fourth-order valence-electron chi connectivity index (χ4n) is 8.57. The molecule has 2 saturated carbocycles. The van der Waals surface area contributed by atoms with Crippen molar-refractivity contribution in [1.29, 1.82) is 0 Å². The molecule has 2 saturated heterocycles. The van der Waals surface area contributed by atoms with Gasteiger partial charge in [0.1, 0.15) is 0 Å². The van der Waals surface area contributed by atoms with Crippen LogP contribution < -0.4 is 5.32 Å². The van der Waals surface area contributed by atoms with Crippen LogP contribution in [0.4, 0.5) is 0 Å². The molecule has 6 rings (SSSR count). The maximum Gasteiger partial charge on any atom is 0.0911 e. The second kappa shape index (κ2) is 6.43. The standard InChI is InChI=1S/C26H39NO2/c1-15-10-23-24(27-14-15)16(2)26(29-23)9-7-20-17(13-26)11-22-21(20)5-4-18-12-19(28)6-8-25(18,22)3/h4,13,15-16,19-24,27-28H,5-12,14H2,1-3H3/t15-,16+,19-,20?,21?,22?,23?,24?,25-,26-/m0/s1. The van der Waals surface area contributed by atoms with Crippen LogP contribution in [0.3, 0.4) is 0 Å². The highest BCUT2D eigenvalue weighted by atomic mass is 16.5. The molecule has 3 nitrogen and oxygen atoms in total. The molecule has 10 atom stereocenters. The van der Waals surface area contributed by atoms with Crippen LogP contribution in [0, 0.1) is 35.0 Å². The first-order valence-corrected chi connectivity index (χ1v) is 12.4. The van der Waals surface area contributed by atoms with Gasteiger partial charge >= 0.3 is 0 Å². The van der Waals surface area contributed by atoms with Gasteiger partial charge < -0.3 is 15.2 Å². The van der Waals surface area contributed by atoms with Crippen molar-refractivity contribution in [3.8, 4) is 0 Å². The highest BCUT2D eigenvalue weighted by Gasteiger charge is 2.58. The number of nitrogens with one attached hydrogen (secondary N) is 1. The maximum absolute atomic E-state index is 10.2. The Morgan fingerprint density at radius 3 is 2.90 bits per heavy atom. The number of fused-ring (bicyclic) bond motifs is 6. The summed E-state index contributed by atoms with van der Waals surface area (Å²) in [4.78, 5) is 0. The molecule has 5 unspecified atom stereocenters. The number of piperidine rings is 1. The number of allylic oxidation sites excluding steroid dienone is 2. The van der Waals surface area contributed by atoms with Crippen LogP contribution in [0.1, 0.15) is 72.1 Å². The van der Waals surface area contributed by atoms with Crippen molar-refractivity contribution in [2.45, 2.75) is 96.0 Å². The zero-order valence-electron chi connectivity index (χ0n) is 18.5. The molecule has 0 aromatic rings. The van der Waals surface area contributed by atoms with Gasteiger partial charge in [0, 0.05) is 12.0 Å². The van der Waals surface area contributed by atoms with Gasteiger partial charge in [-0.3, -0.25) is 0 Å². The van der Waals surface area contributed by atoms with E-state index in [4.69, 9.17) is 4.74 Å². The quantitative estimate of drug-likeness (QED) is 0.587. The van der Waals surface area contributed by atoms with Gasteiger partial charge in [0.2, 0.25) is 0 Å². The number of hydrogen-bond donors (Lipinski definition) is 2. The van der Waals surface area contributed by atoms with E-state index in [0.29, 0.717) is 23.5 Å². The summed E-state index contributed by atoms with van der Waals surface area (Å²) < 4.78 is 6.90. The van der Waals surface area contributed by atoms with Crippen molar-refractivity contribution in [3.05, 3.63) is 23.3 Å². The first-order valence-electron chi connectivity index (χ1n) is 12.4. The maximum atomic E-state index is 10.2. The first-order chi connectivity index (χ1) is 13.9. The van der Waals surface area contributed by atoms with E-state index < -0.39 is 0 Å². The van der Waals surface area contributed by atoms with Crippen LogP contribution in [0.5, 0.6) is 0 Å². The van der Waals surface area contributed by atoms with Gasteiger partial charge in [0.05, 0.1) is 17.8 Å².